The number of nitrogens with one attached hydrogen (secondary N) is 1. The molecule has 0 unspecified atom stereocenters. The second-order valence-corrected chi connectivity index (χ2v) is 10.3. The molecule has 0 aliphatic carbocycles. The van der Waals surface area contributed by atoms with E-state index in [9.17, 15) is 14.0 Å². The molecule has 1 atom stereocenters. The standard InChI is InChI=1S/C30H26FN3O2S/c1-18(2)21-11-9-20(10-12-21)17-25-29(36)34-27(22-13-15-23(31)16-14-22)26(19(3)32-30(34)37-25)28(35)33-24-7-5-4-6-8-24/h4-18,27H,1-3H3,(H,33,35)/b25-17-/t27-/m1/s1. The maximum atomic E-state index is 13.8. The highest BCUT2D eigenvalue weighted by atomic mass is 32.1. The van der Waals surface area contributed by atoms with Crippen LogP contribution in [0.25, 0.3) is 6.08 Å². The zero-order valence-electron chi connectivity index (χ0n) is 20.7. The molecule has 1 aromatic heterocycles. The van der Waals surface area contributed by atoms with Crippen molar-refractivity contribution in [2.45, 2.75) is 32.7 Å². The summed E-state index contributed by atoms with van der Waals surface area (Å²) in [6.45, 7) is 6.03. The van der Waals surface area contributed by atoms with Crippen LogP contribution in [0, 0.1) is 5.82 Å². The number of thiazole rings is 1. The highest BCUT2D eigenvalue weighted by Gasteiger charge is 2.32. The molecule has 0 saturated heterocycles. The summed E-state index contributed by atoms with van der Waals surface area (Å²) in [5, 5.41) is 2.91. The van der Waals surface area contributed by atoms with E-state index < -0.39 is 11.9 Å². The second-order valence-electron chi connectivity index (χ2n) is 9.27. The van der Waals surface area contributed by atoms with E-state index in [1.54, 1.807) is 35.8 Å². The zero-order chi connectivity index (χ0) is 26.1. The van der Waals surface area contributed by atoms with Gasteiger partial charge in [0.1, 0.15) is 5.82 Å². The first-order valence-electron chi connectivity index (χ1n) is 12.1. The Balaban J connectivity index is 1.64. The van der Waals surface area contributed by atoms with Crippen LogP contribution < -0.4 is 20.2 Å². The number of fused-ring (bicyclic) bond motifs is 1. The number of halogens is 1. The lowest BCUT2D eigenvalue weighted by atomic mass is 9.95. The molecule has 0 spiro atoms. The first-order valence-corrected chi connectivity index (χ1v) is 12.9. The van der Waals surface area contributed by atoms with Gasteiger partial charge in [0.2, 0.25) is 0 Å². The number of para-hydroxylation sites is 1. The molecule has 186 valence electrons. The molecule has 2 heterocycles. The van der Waals surface area contributed by atoms with Crippen molar-refractivity contribution in [1.82, 2.24) is 4.57 Å². The number of benzene rings is 3. The monoisotopic (exact) mass is 511 g/mol. The second kappa shape index (κ2) is 10.1. The predicted molar refractivity (Wildman–Crippen MR) is 146 cm³/mol. The van der Waals surface area contributed by atoms with Gasteiger partial charge in [0.25, 0.3) is 11.5 Å². The van der Waals surface area contributed by atoms with Crippen molar-refractivity contribution < 1.29 is 9.18 Å². The van der Waals surface area contributed by atoms with Crippen molar-refractivity contribution >= 4 is 29.0 Å². The SMILES string of the molecule is CC1=C(C(=O)Nc2ccccc2)[C@@H](c2ccc(F)cc2)n2c(s/c(=C\c3ccc(C(C)C)cc3)c2=O)=N1. The molecule has 7 heteroatoms. The van der Waals surface area contributed by atoms with Gasteiger partial charge < -0.3 is 5.32 Å². The summed E-state index contributed by atoms with van der Waals surface area (Å²) < 4.78 is 15.8. The Morgan fingerprint density at radius 2 is 1.70 bits per heavy atom. The molecular weight excluding hydrogens is 485 g/mol. The number of carbonyl (C=O) groups excluding carboxylic acids is 1. The fourth-order valence-electron chi connectivity index (χ4n) is 4.42. The van der Waals surface area contributed by atoms with E-state index in [1.807, 2.05) is 36.4 Å². The smallest absolute Gasteiger partial charge is 0.271 e. The largest absolute Gasteiger partial charge is 0.322 e. The van der Waals surface area contributed by atoms with E-state index in [4.69, 9.17) is 0 Å². The highest BCUT2D eigenvalue weighted by Crippen LogP contribution is 2.31. The minimum Gasteiger partial charge on any atom is -0.322 e. The maximum absolute atomic E-state index is 13.8. The van der Waals surface area contributed by atoms with Gasteiger partial charge in [-0.2, -0.15) is 0 Å². The number of aromatic nitrogens is 1. The summed E-state index contributed by atoms with van der Waals surface area (Å²) in [5.41, 5.74) is 4.00. The van der Waals surface area contributed by atoms with Gasteiger partial charge in [0.05, 0.1) is 21.8 Å². The van der Waals surface area contributed by atoms with Crippen LogP contribution in [-0.2, 0) is 4.79 Å². The molecule has 0 bridgehead atoms. The summed E-state index contributed by atoms with van der Waals surface area (Å²) in [4.78, 5) is 32.4. The first-order chi connectivity index (χ1) is 17.8. The topological polar surface area (TPSA) is 63.5 Å². The van der Waals surface area contributed by atoms with Crippen molar-refractivity contribution in [3.63, 3.8) is 0 Å². The van der Waals surface area contributed by atoms with Gasteiger partial charge in [-0.3, -0.25) is 14.2 Å². The van der Waals surface area contributed by atoms with Crippen molar-refractivity contribution in [1.29, 1.82) is 0 Å². The molecule has 0 saturated carbocycles. The minimum atomic E-state index is -0.744. The lowest BCUT2D eigenvalue weighted by Gasteiger charge is -2.25. The fraction of sp³-hybridized carbons (Fsp3) is 0.167. The minimum absolute atomic E-state index is 0.247. The molecule has 37 heavy (non-hydrogen) atoms. The number of amides is 1. The summed E-state index contributed by atoms with van der Waals surface area (Å²) in [7, 11) is 0. The highest BCUT2D eigenvalue weighted by molar-refractivity contribution is 7.07. The van der Waals surface area contributed by atoms with Crippen molar-refractivity contribution in [2.75, 3.05) is 5.32 Å². The van der Waals surface area contributed by atoms with Gasteiger partial charge in [0.15, 0.2) is 4.80 Å². The summed E-state index contributed by atoms with van der Waals surface area (Å²) in [5.74, 6) is -0.337. The van der Waals surface area contributed by atoms with Crippen LogP contribution in [0.2, 0.25) is 0 Å². The number of hydrogen-bond acceptors (Lipinski definition) is 4. The van der Waals surface area contributed by atoms with E-state index >= 15 is 0 Å². The van der Waals surface area contributed by atoms with Crippen molar-refractivity contribution in [2.24, 2.45) is 4.99 Å². The Morgan fingerprint density at radius 1 is 1.03 bits per heavy atom. The third-order valence-corrected chi connectivity index (χ3v) is 7.37. The van der Waals surface area contributed by atoms with Crippen LogP contribution in [0.15, 0.2) is 99.9 Å². The number of allylic oxidation sites excluding steroid dienone is 1. The Morgan fingerprint density at radius 3 is 2.35 bits per heavy atom. The van der Waals surface area contributed by atoms with E-state index in [-0.39, 0.29) is 11.5 Å². The molecule has 0 radical (unpaired) electrons. The van der Waals surface area contributed by atoms with Gasteiger partial charge in [-0.05, 0) is 59.9 Å². The normalized spacial score (nSPS) is 15.5. The van der Waals surface area contributed by atoms with Crippen LogP contribution in [0.4, 0.5) is 10.1 Å². The van der Waals surface area contributed by atoms with Crippen LogP contribution in [0.5, 0.6) is 0 Å². The van der Waals surface area contributed by atoms with Gasteiger partial charge >= 0.3 is 0 Å². The first kappa shape index (κ1) is 24.6. The van der Waals surface area contributed by atoms with Crippen LogP contribution in [-0.4, -0.2) is 10.5 Å². The van der Waals surface area contributed by atoms with Gasteiger partial charge in [-0.15, -0.1) is 0 Å². The Hall–Kier alpha value is -4.10. The molecule has 3 aromatic carbocycles. The molecule has 4 aromatic rings. The molecular formula is C30H26FN3O2S. The Bertz CT molecular complexity index is 1670. The van der Waals surface area contributed by atoms with Gasteiger partial charge in [-0.25, -0.2) is 9.38 Å². The fourth-order valence-corrected chi connectivity index (χ4v) is 5.47. The summed E-state index contributed by atoms with van der Waals surface area (Å²) in [6.07, 6.45) is 1.85. The quantitative estimate of drug-likeness (QED) is 0.404. The van der Waals surface area contributed by atoms with Crippen LogP contribution in [0.1, 0.15) is 49.4 Å². The van der Waals surface area contributed by atoms with Crippen LogP contribution in [0.3, 0.4) is 0 Å². The molecule has 5 rings (SSSR count). The van der Waals surface area contributed by atoms with Gasteiger partial charge in [-0.1, -0.05) is 79.8 Å². The van der Waals surface area contributed by atoms with Crippen molar-refractivity contribution in [3.8, 4) is 0 Å². The average Bonchev–Trinajstić information content (AvgIpc) is 3.18. The Kier molecular flexibility index (Phi) is 6.72. The summed E-state index contributed by atoms with van der Waals surface area (Å²) >= 11 is 1.28. The molecule has 1 aliphatic rings. The molecule has 5 nitrogen and oxygen atoms in total. The number of nitrogens with zero attached hydrogens (tertiary/aromatic N) is 2. The predicted octanol–water partition coefficient (Wildman–Crippen LogP) is 5.14. The van der Waals surface area contributed by atoms with E-state index in [2.05, 4.69) is 36.3 Å². The molecule has 0 fully saturated rings. The van der Waals surface area contributed by atoms with Gasteiger partial charge in [0, 0.05) is 5.69 Å². The number of anilines is 1. The number of carbonyl (C=O) groups is 1. The van der Waals surface area contributed by atoms with E-state index in [0.29, 0.717) is 37.8 Å². The third kappa shape index (κ3) is 4.95. The Labute approximate surface area is 218 Å². The average molecular weight is 512 g/mol. The summed E-state index contributed by atoms with van der Waals surface area (Å²) in [6, 6.07) is 22.4. The van der Waals surface area contributed by atoms with E-state index in [0.717, 1.165) is 5.56 Å². The van der Waals surface area contributed by atoms with E-state index in [1.165, 1.54) is 29.0 Å². The lowest BCUT2D eigenvalue weighted by molar-refractivity contribution is -0.113. The molecule has 1 amide bonds. The molecule has 1 aliphatic heterocycles. The number of hydrogen-bond donors (Lipinski definition) is 1. The lowest BCUT2D eigenvalue weighted by Crippen LogP contribution is -2.40. The third-order valence-electron chi connectivity index (χ3n) is 6.38. The van der Waals surface area contributed by atoms with Crippen LogP contribution >= 0.6 is 11.3 Å². The maximum Gasteiger partial charge on any atom is 0.271 e. The molecule has 1 N–H and O–H groups in total. The number of rotatable bonds is 5. The van der Waals surface area contributed by atoms with Crippen molar-refractivity contribution in [3.05, 3.63) is 132 Å². The zero-order valence-corrected chi connectivity index (χ0v) is 21.6.